The second kappa shape index (κ2) is 5.92. The lowest BCUT2D eigenvalue weighted by atomic mass is 9.98. The summed E-state index contributed by atoms with van der Waals surface area (Å²) in [4.78, 5) is 11.1. The Bertz CT molecular complexity index is 460. The molecular formula is C12H14F3NO3. The number of carbonyl (C=O) groups excluding carboxylic acids is 1. The molecule has 4 nitrogen and oxygen atoms in total. The number of methoxy groups -OCH3 is 2. The summed E-state index contributed by atoms with van der Waals surface area (Å²) in [6, 6.07) is 2.33. The quantitative estimate of drug-likeness (QED) is 0.858. The summed E-state index contributed by atoms with van der Waals surface area (Å²) >= 11 is 0. The highest BCUT2D eigenvalue weighted by atomic mass is 19.4. The lowest BCUT2D eigenvalue weighted by Crippen LogP contribution is -2.20. The van der Waals surface area contributed by atoms with Crippen LogP contribution in [0.15, 0.2) is 18.2 Å². The molecule has 0 bridgehead atoms. The van der Waals surface area contributed by atoms with Crippen LogP contribution in [-0.4, -0.2) is 20.2 Å². The van der Waals surface area contributed by atoms with Gasteiger partial charge in [-0.2, -0.15) is 13.2 Å². The third-order valence-electron chi connectivity index (χ3n) is 2.58. The highest BCUT2D eigenvalue weighted by Gasteiger charge is 2.35. The van der Waals surface area contributed by atoms with Crippen molar-refractivity contribution in [3.63, 3.8) is 0 Å². The monoisotopic (exact) mass is 277 g/mol. The molecule has 2 N–H and O–H groups in total. The molecule has 1 aromatic carbocycles. The van der Waals surface area contributed by atoms with E-state index in [0.29, 0.717) is 0 Å². The summed E-state index contributed by atoms with van der Waals surface area (Å²) in [6.45, 7) is 0. The number of alkyl halides is 3. The summed E-state index contributed by atoms with van der Waals surface area (Å²) in [5, 5.41) is 0. The Morgan fingerprint density at radius 1 is 1.37 bits per heavy atom. The number of rotatable bonds is 4. The van der Waals surface area contributed by atoms with E-state index >= 15 is 0 Å². The van der Waals surface area contributed by atoms with Crippen molar-refractivity contribution in [2.45, 2.75) is 18.6 Å². The van der Waals surface area contributed by atoms with Gasteiger partial charge in [0.25, 0.3) is 0 Å². The second-order valence-corrected chi connectivity index (χ2v) is 3.84. The molecule has 7 heteroatoms. The minimum atomic E-state index is -4.57. The Morgan fingerprint density at radius 3 is 2.47 bits per heavy atom. The summed E-state index contributed by atoms with van der Waals surface area (Å²) < 4.78 is 47.9. The molecule has 0 saturated heterocycles. The first kappa shape index (κ1) is 15.3. The highest BCUT2D eigenvalue weighted by molar-refractivity contribution is 5.70. The van der Waals surface area contributed by atoms with Crippen molar-refractivity contribution >= 4 is 5.97 Å². The molecule has 0 heterocycles. The number of hydrogen-bond donors (Lipinski definition) is 1. The number of benzene rings is 1. The normalized spacial score (nSPS) is 12.9. The van der Waals surface area contributed by atoms with Gasteiger partial charge in [-0.25, -0.2) is 0 Å². The van der Waals surface area contributed by atoms with Gasteiger partial charge < -0.3 is 15.2 Å². The van der Waals surface area contributed by atoms with Gasteiger partial charge >= 0.3 is 12.1 Å². The Morgan fingerprint density at radius 2 is 2.00 bits per heavy atom. The molecule has 0 saturated carbocycles. The molecule has 0 amide bonds. The minimum absolute atomic E-state index is 0.0707. The van der Waals surface area contributed by atoms with Crippen LogP contribution in [0.4, 0.5) is 13.2 Å². The molecule has 0 aliphatic heterocycles. The first-order valence-electron chi connectivity index (χ1n) is 5.37. The van der Waals surface area contributed by atoms with Crippen molar-refractivity contribution in [3.8, 4) is 5.75 Å². The molecule has 1 aromatic rings. The van der Waals surface area contributed by atoms with Gasteiger partial charge in [0.2, 0.25) is 0 Å². The average Bonchev–Trinajstić information content (AvgIpc) is 2.36. The lowest BCUT2D eigenvalue weighted by Gasteiger charge is -2.18. The lowest BCUT2D eigenvalue weighted by molar-refractivity contribution is -0.142. The van der Waals surface area contributed by atoms with E-state index in [2.05, 4.69) is 4.74 Å². The summed E-state index contributed by atoms with van der Waals surface area (Å²) in [6.07, 6.45) is -4.90. The molecule has 19 heavy (non-hydrogen) atoms. The first-order valence-corrected chi connectivity index (χ1v) is 5.37. The number of hydrogen-bond acceptors (Lipinski definition) is 4. The standard InChI is InChI=1S/C12H14F3NO3/c1-18-7-3-4-8(9(5-7)12(13,14)15)10(16)6-11(17)19-2/h3-5,10H,6,16H2,1-2H3/t10-/m1/s1. The van der Waals surface area contributed by atoms with E-state index in [1.54, 1.807) is 0 Å². The highest BCUT2D eigenvalue weighted by Crippen LogP contribution is 2.37. The molecule has 0 radical (unpaired) electrons. The van der Waals surface area contributed by atoms with Crippen LogP contribution < -0.4 is 10.5 Å². The number of halogens is 3. The van der Waals surface area contributed by atoms with Gasteiger partial charge in [-0.15, -0.1) is 0 Å². The fraction of sp³-hybridized carbons (Fsp3) is 0.417. The third kappa shape index (κ3) is 3.85. The largest absolute Gasteiger partial charge is 0.497 e. The number of carbonyl (C=O) groups is 1. The van der Waals surface area contributed by atoms with Crippen molar-refractivity contribution in [2.75, 3.05) is 14.2 Å². The maximum atomic E-state index is 12.9. The summed E-state index contributed by atoms with van der Waals surface area (Å²) in [7, 11) is 2.41. The summed E-state index contributed by atoms with van der Waals surface area (Å²) in [5.41, 5.74) is 4.54. The zero-order chi connectivity index (χ0) is 14.6. The van der Waals surface area contributed by atoms with Gasteiger partial charge in [0.15, 0.2) is 0 Å². The van der Waals surface area contributed by atoms with Gasteiger partial charge in [0.05, 0.1) is 26.2 Å². The van der Waals surface area contributed by atoms with E-state index in [4.69, 9.17) is 10.5 Å². The molecule has 0 fully saturated rings. The van der Waals surface area contributed by atoms with Gasteiger partial charge in [-0.05, 0) is 17.7 Å². The van der Waals surface area contributed by atoms with Crippen molar-refractivity contribution in [2.24, 2.45) is 5.73 Å². The molecule has 106 valence electrons. The zero-order valence-electron chi connectivity index (χ0n) is 10.5. The molecular weight excluding hydrogens is 263 g/mol. The second-order valence-electron chi connectivity index (χ2n) is 3.84. The van der Waals surface area contributed by atoms with Gasteiger partial charge in [0.1, 0.15) is 5.75 Å². The van der Waals surface area contributed by atoms with Crippen LogP contribution >= 0.6 is 0 Å². The molecule has 1 atom stereocenters. The maximum Gasteiger partial charge on any atom is 0.416 e. The van der Waals surface area contributed by atoms with E-state index < -0.39 is 23.8 Å². The topological polar surface area (TPSA) is 61.5 Å². The zero-order valence-corrected chi connectivity index (χ0v) is 10.5. The molecule has 0 aliphatic carbocycles. The van der Waals surface area contributed by atoms with E-state index in [9.17, 15) is 18.0 Å². The van der Waals surface area contributed by atoms with E-state index in [-0.39, 0.29) is 17.7 Å². The number of ether oxygens (including phenoxy) is 2. The smallest absolute Gasteiger partial charge is 0.416 e. The predicted octanol–water partition coefficient (Wildman–Crippen LogP) is 2.28. The Kier molecular flexibility index (Phi) is 4.77. The van der Waals surface area contributed by atoms with E-state index in [1.807, 2.05) is 0 Å². The van der Waals surface area contributed by atoms with Crippen molar-refractivity contribution in [1.82, 2.24) is 0 Å². The Labute approximate surface area is 108 Å². The van der Waals surface area contributed by atoms with Gasteiger partial charge in [-0.3, -0.25) is 4.79 Å². The van der Waals surface area contributed by atoms with E-state index in [0.717, 1.165) is 13.2 Å². The van der Waals surface area contributed by atoms with Crippen LogP contribution in [0.5, 0.6) is 5.75 Å². The van der Waals surface area contributed by atoms with Crippen molar-refractivity contribution < 1.29 is 27.4 Å². The van der Waals surface area contributed by atoms with Crippen LogP contribution in [0.2, 0.25) is 0 Å². The SMILES string of the molecule is COC(=O)C[C@@H](N)c1ccc(OC)cc1C(F)(F)F. The van der Waals surface area contributed by atoms with Crippen LogP contribution in [0, 0.1) is 0 Å². The van der Waals surface area contributed by atoms with E-state index in [1.165, 1.54) is 19.2 Å². The molecule has 1 rings (SSSR count). The average molecular weight is 277 g/mol. The van der Waals surface area contributed by atoms with Crippen LogP contribution in [-0.2, 0) is 15.7 Å². The molecule has 0 aromatic heterocycles. The third-order valence-corrected chi connectivity index (χ3v) is 2.58. The van der Waals surface area contributed by atoms with Crippen LogP contribution in [0.25, 0.3) is 0 Å². The first-order chi connectivity index (χ1) is 8.79. The Balaban J connectivity index is 3.15. The van der Waals surface area contributed by atoms with Crippen LogP contribution in [0.3, 0.4) is 0 Å². The number of esters is 1. The number of nitrogens with two attached hydrogens (primary N) is 1. The fourth-order valence-electron chi connectivity index (χ4n) is 1.60. The molecule has 0 unspecified atom stereocenters. The molecule has 0 spiro atoms. The Hall–Kier alpha value is -1.76. The van der Waals surface area contributed by atoms with Crippen LogP contribution in [0.1, 0.15) is 23.6 Å². The minimum Gasteiger partial charge on any atom is -0.497 e. The van der Waals surface area contributed by atoms with Crippen molar-refractivity contribution in [1.29, 1.82) is 0 Å². The molecule has 0 aliphatic rings. The predicted molar refractivity (Wildman–Crippen MR) is 61.6 cm³/mol. The maximum absolute atomic E-state index is 12.9. The van der Waals surface area contributed by atoms with Gasteiger partial charge in [-0.1, -0.05) is 6.07 Å². The summed E-state index contributed by atoms with van der Waals surface area (Å²) in [5.74, 6) is -0.599. The van der Waals surface area contributed by atoms with Gasteiger partial charge in [0, 0.05) is 6.04 Å². The van der Waals surface area contributed by atoms with Crippen molar-refractivity contribution in [3.05, 3.63) is 29.3 Å². The fourth-order valence-corrected chi connectivity index (χ4v) is 1.60.